The predicted octanol–water partition coefficient (Wildman–Crippen LogP) is 3.01. The van der Waals surface area contributed by atoms with E-state index in [1.165, 1.54) is 22.3 Å². The fraction of sp³-hybridized carbons (Fsp3) is 0.227. The van der Waals surface area contributed by atoms with Crippen molar-refractivity contribution < 1.29 is 4.79 Å². The zero-order valence-corrected chi connectivity index (χ0v) is 15.0. The first kappa shape index (κ1) is 16.0. The molecular formula is C22H20N4O. The lowest BCUT2D eigenvalue weighted by atomic mass is 10.0. The number of carbonyl (C=O) groups is 1. The molecule has 1 aromatic heterocycles. The highest BCUT2D eigenvalue weighted by molar-refractivity contribution is 5.96. The van der Waals surface area contributed by atoms with E-state index in [0.29, 0.717) is 13.1 Å². The van der Waals surface area contributed by atoms with E-state index < -0.39 is 0 Å². The van der Waals surface area contributed by atoms with E-state index >= 15 is 0 Å². The summed E-state index contributed by atoms with van der Waals surface area (Å²) in [7, 11) is 0. The highest BCUT2D eigenvalue weighted by Crippen LogP contribution is 2.36. The van der Waals surface area contributed by atoms with Crippen molar-refractivity contribution in [3.05, 3.63) is 77.6 Å². The van der Waals surface area contributed by atoms with Gasteiger partial charge in [-0.15, -0.1) is 0 Å². The van der Waals surface area contributed by atoms with Crippen LogP contribution >= 0.6 is 0 Å². The lowest BCUT2D eigenvalue weighted by Gasteiger charge is -2.34. The molecule has 27 heavy (non-hydrogen) atoms. The summed E-state index contributed by atoms with van der Waals surface area (Å²) in [4.78, 5) is 25.7. The zero-order valence-electron chi connectivity index (χ0n) is 15.0. The van der Waals surface area contributed by atoms with Crippen molar-refractivity contribution in [3.8, 4) is 11.1 Å². The molecule has 1 fully saturated rings. The standard InChI is InChI=1S/C22H20N4O/c27-21(25-10-12-26(13-11-25)22-23-8-3-9-24-22)17-6-7-20-18(15-17)14-16-4-1-2-5-19(16)20/h1-9,15H,10-14H2. The molecule has 0 radical (unpaired) electrons. The molecule has 0 N–H and O–H groups in total. The highest BCUT2D eigenvalue weighted by Gasteiger charge is 2.25. The maximum atomic E-state index is 13.0. The molecule has 0 saturated carbocycles. The predicted molar refractivity (Wildman–Crippen MR) is 105 cm³/mol. The van der Waals surface area contributed by atoms with Gasteiger partial charge in [0.25, 0.3) is 5.91 Å². The smallest absolute Gasteiger partial charge is 0.253 e. The van der Waals surface area contributed by atoms with Gasteiger partial charge in [0.05, 0.1) is 0 Å². The van der Waals surface area contributed by atoms with Gasteiger partial charge in [-0.2, -0.15) is 0 Å². The normalized spacial score (nSPS) is 15.4. The first-order valence-electron chi connectivity index (χ1n) is 9.32. The quantitative estimate of drug-likeness (QED) is 0.554. The average molecular weight is 356 g/mol. The van der Waals surface area contributed by atoms with E-state index in [-0.39, 0.29) is 5.91 Å². The zero-order chi connectivity index (χ0) is 18.2. The van der Waals surface area contributed by atoms with Crippen LogP contribution in [0.5, 0.6) is 0 Å². The van der Waals surface area contributed by atoms with Crippen molar-refractivity contribution in [1.29, 1.82) is 0 Å². The molecule has 0 unspecified atom stereocenters. The Morgan fingerprint density at radius 1 is 0.815 bits per heavy atom. The molecule has 0 spiro atoms. The van der Waals surface area contributed by atoms with Gasteiger partial charge in [-0.3, -0.25) is 4.79 Å². The van der Waals surface area contributed by atoms with Crippen LogP contribution in [0.1, 0.15) is 21.5 Å². The van der Waals surface area contributed by atoms with E-state index in [1.807, 2.05) is 17.0 Å². The summed E-state index contributed by atoms with van der Waals surface area (Å²) in [5, 5.41) is 0. The summed E-state index contributed by atoms with van der Waals surface area (Å²) >= 11 is 0. The Morgan fingerprint density at radius 2 is 1.56 bits per heavy atom. The van der Waals surface area contributed by atoms with Gasteiger partial charge in [0.1, 0.15) is 0 Å². The van der Waals surface area contributed by atoms with Gasteiger partial charge in [-0.05, 0) is 46.9 Å². The minimum absolute atomic E-state index is 0.113. The summed E-state index contributed by atoms with van der Waals surface area (Å²) in [6, 6.07) is 16.4. The second kappa shape index (κ2) is 6.50. The van der Waals surface area contributed by atoms with Crippen LogP contribution in [0, 0.1) is 0 Å². The van der Waals surface area contributed by atoms with Crippen LogP contribution in [0.25, 0.3) is 11.1 Å². The van der Waals surface area contributed by atoms with Gasteiger partial charge in [0, 0.05) is 44.1 Å². The Bertz CT molecular complexity index is 994. The van der Waals surface area contributed by atoms with Gasteiger partial charge < -0.3 is 9.80 Å². The first-order valence-corrected chi connectivity index (χ1v) is 9.32. The number of piperazine rings is 1. The van der Waals surface area contributed by atoms with Crippen LogP contribution < -0.4 is 4.90 Å². The Morgan fingerprint density at radius 3 is 2.37 bits per heavy atom. The number of benzene rings is 2. The maximum absolute atomic E-state index is 13.0. The number of aromatic nitrogens is 2. The number of fused-ring (bicyclic) bond motifs is 3. The average Bonchev–Trinajstić information content (AvgIpc) is 3.12. The Kier molecular flexibility index (Phi) is 3.85. The number of anilines is 1. The van der Waals surface area contributed by atoms with Crippen LogP contribution in [0.3, 0.4) is 0 Å². The molecule has 2 aromatic carbocycles. The third-order valence-corrected chi connectivity index (χ3v) is 5.44. The fourth-order valence-electron chi connectivity index (χ4n) is 4.02. The molecule has 3 aromatic rings. The summed E-state index contributed by atoms with van der Waals surface area (Å²) in [6.07, 6.45) is 4.41. The summed E-state index contributed by atoms with van der Waals surface area (Å²) in [5.41, 5.74) is 5.93. The van der Waals surface area contributed by atoms with Gasteiger partial charge in [-0.25, -0.2) is 9.97 Å². The second-order valence-electron chi connectivity index (χ2n) is 7.03. The molecule has 2 heterocycles. The summed E-state index contributed by atoms with van der Waals surface area (Å²) in [6.45, 7) is 2.89. The van der Waals surface area contributed by atoms with Crippen LogP contribution in [0.4, 0.5) is 5.95 Å². The second-order valence-corrected chi connectivity index (χ2v) is 7.03. The molecule has 1 aliphatic carbocycles. The largest absolute Gasteiger partial charge is 0.337 e. The van der Waals surface area contributed by atoms with Crippen molar-refractivity contribution >= 4 is 11.9 Å². The van der Waals surface area contributed by atoms with Crippen LogP contribution in [0.15, 0.2) is 60.9 Å². The van der Waals surface area contributed by atoms with Gasteiger partial charge in [0.2, 0.25) is 5.95 Å². The van der Waals surface area contributed by atoms with E-state index in [4.69, 9.17) is 0 Å². The third kappa shape index (κ3) is 2.85. The number of hydrogen-bond acceptors (Lipinski definition) is 4. The fourth-order valence-corrected chi connectivity index (χ4v) is 4.02. The number of rotatable bonds is 2. The Labute approximate surface area is 158 Å². The van der Waals surface area contributed by atoms with E-state index in [1.54, 1.807) is 12.4 Å². The number of amides is 1. The van der Waals surface area contributed by atoms with Crippen LogP contribution in [-0.4, -0.2) is 47.0 Å². The molecule has 2 aliphatic rings. The SMILES string of the molecule is O=C(c1ccc2c(c1)Cc1ccccc1-2)N1CCN(c2ncccn2)CC1. The van der Waals surface area contributed by atoms with Crippen molar-refractivity contribution in [1.82, 2.24) is 14.9 Å². The maximum Gasteiger partial charge on any atom is 0.253 e. The monoisotopic (exact) mass is 356 g/mol. The lowest BCUT2D eigenvalue weighted by molar-refractivity contribution is 0.0746. The van der Waals surface area contributed by atoms with Crippen LogP contribution in [0.2, 0.25) is 0 Å². The molecule has 5 heteroatoms. The summed E-state index contributed by atoms with van der Waals surface area (Å²) < 4.78 is 0. The van der Waals surface area contributed by atoms with Crippen molar-refractivity contribution in [2.45, 2.75) is 6.42 Å². The summed E-state index contributed by atoms with van der Waals surface area (Å²) in [5.74, 6) is 0.849. The topological polar surface area (TPSA) is 49.3 Å². The van der Waals surface area contributed by atoms with E-state index in [9.17, 15) is 4.79 Å². The number of nitrogens with zero attached hydrogens (tertiary/aromatic N) is 4. The Hall–Kier alpha value is -3.21. The molecule has 5 rings (SSSR count). The Balaban J connectivity index is 1.31. The number of carbonyl (C=O) groups excluding carboxylic acids is 1. The lowest BCUT2D eigenvalue weighted by Crippen LogP contribution is -2.49. The molecule has 0 bridgehead atoms. The third-order valence-electron chi connectivity index (χ3n) is 5.44. The highest BCUT2D eigenvalue weighted by atomic mass is 16.2. The van der Waals surface area contributed by atoms with E-state index in [2.05, 4.69) is 51.3 Å². The molecule has 1 saturated heterocycles. The molecule has 1 amide bonds. The number of hydrogen-bond donors (Lipinski definition) is 0. The molecule has 0 atom stereocenters. The first-order chi connectivity index (χ1) is 13.3. The molecular weight excluding hydrogens is 336 g/mol. The molecule has 1 aliphatic heterocycles. The van der Waals surface area contributed by atoms with Crippen LogP contribution in [-0.2, 0) is 6.42 Å². The minimum atomic E-state index is 0.113. The van der Waals surface area contributed by atoms with Gasteiger partial charge >= 0.3 is 0 Å². The van der Waals surface area contributed by atoms with Crippen molar-refractivity contribution in [2.75, 3.05) is 31.1 Å². The molecule has 5 nitrogen and oxygen atoms in total. The van der Waals surface area contributed by atoms with Gasteiger partial charge in [0.15, 0.2) is 0 Å². The minimum Gasteiger partial charge on any atom is -0.337 e. The molecule has 134 valence electrons. The van der Waals surface area contributed by atoms with Crippen molar-refractivity contribution in [2.24, 2.45) is 0 Å². The van der Waals surface area contributed by atoms with Crippen molar-refractivity contribution in [3.63, 3.8) is 0 Å². The van der Waals surface area contributed by atoms with Gasteiger partial charge in [-0.1, -0.05) is 30.3 Å². The van der Waals surface area contributed by atoms with E-state index in [0.717, 1.165) is 31.0 Å².